The first kappa shape index (κ1) is 19.8. The Bertz CT molecular complexity index is 1100. The topological polar surface area (TPSA) is 57.5 Å². The van der Waals surface area contributed by atoms with E-state index in [1.165, 1.54) is 11.8 Å². The van der Waals surface area contributed by atoms with Crippen LogP contribution in [-0.2, 0) is 4.79 Å². The van der Waals surface area contributed by atoms with Crippen molar-refractivity contribution in [2.45, 2.75) is 12.5 Å². The normalized spacial score (nSPS) is 19.8. The van der Waals surface area contributed by atoms with Gasteiger partial charge in [-0.2, -0.15) is 5.10 Å². The lowest BCUT2D eigenvalue weighted by Gasteiger charge is -2.34. The Morgan fingerprint density at radius 2 is 1.87 bits per heavy atom. The molecule has 1 aromatic carbocycles. The molecule has 2 saturated heterocycles. The zero-order valence-electron chi connectivity index (χ0n) is 17.9. The molecule has 0 aliphatic carbocycles. The van der Waals surface area contributed by atoms with Gasteiger partial charge in [0.25, 0.3) is 0 Å². The summed E-state index contributed by atoms with van der Waals surface area (Å²) in [6.07, 6.45) is 5.98. The fourth-order valence-corrected chi connectivity index (χ4v) is 4.64. The van der Waals surface area contributed by atoms with Gasteiger partial charge in [-0.05, 0) is 37.7 Å². The number of amides is 1. The third-order valence-corrected chi connectivity index (χ3v) is 6.51. The predicted octanol–water partition coefficient (Wildman–Crippen LogP) is 2.81. The number of anilines is 1. The number of hydrogen-bond donors (Lipinski definition) is 0. The predicted molar refractivity (Wildman–Crippen MR) is 123 cm³/mol. The van der Waals surface area contributed by atoms with Crippen molar-refractivity contribution < 1.29 is 4.79 Å². The standard InChI is InChI=1S/C24H28N6O/c1-3-23(31)29-11-9-20(17-29)30-22-8-10-25-16-21(22)24(26-30)18-4-6-19(7-5-18)28-14-12-27(2)13-15-28/h3-8,10,16,20H,1,9,11-15,17H2,2H3. The van der Waals surface area contributed by atoms with Crippen LogP contribution in [0.1, 0.15) is 12.5 Å². The molecule has 0 N–H and O–H groups in total. The van der Waals surface area contributed by atoms with Gasteiger partial charge in [0, 0.05) is 68.3 Å². The van der Waals surface area contributed by atoms with Gasteiger partial charge in [-0.3, -0.25) is 14.5 Å². The number of likely N-dealkylation sites (N-methyl/N-ethyl adjacent to an activating group) is 1. The highest BCUT2D eigenvalue weighted by Gasteiger charge is 2.28. The van der Waals surface area contributed by atoms with Crippen molar-refractivity contribution >= 4 is 22.5 Å². The maximum absolute atomic E-state index is 12.0. The van der Waals surface area contributed by atoms with Gasteiger partial charge < -0.3 is 14.7 Å². The Labute approximate surface area is 182 Å². The Balaban J connectivity index is 1.44. The highest BCUT2D eigenvalue weighted by Crippen LogP contribution is 2.33. The van der Waals surface area contributed by atoms with Crippen LogP contribution in [0.3, 0.4) is 0 Å². The number of hydrogen-bond acceptors (Lipinski definition) is 5. The average molecular weight is 417 g/mol. The van der Waals surface area contributed by atoms with Crippen LogP contribution in [0.2, 0.25) is 0 Å². The number of fused-ring (bicyclic) bond motifs is 1. The van der Waals surface area contributed by atoms with Gasteiger partial charge >= 0.3 is 0 Å². The first-order valence-corrected chi connectivity index (χ1v) is 10.9. The number of piperazine rings is 1. The molecule has 0 spiro atoms. The molecule has 1 unspecified atom stereocenters. The zero-order valence-corrected chi connectivity index (χ0v) is 17.9. The molecule has 1 amide bonds. The Hall–Kier alpha value is -3.19. The monoisotopic (exact) mass is 416 g/mol. The lowest BCUT2D eigenvalue weighted by molar-refractivity contribution is -0.125. The number of aromatic nitrogens is 3. The van der Waals surface area contributed by atoms with Crippen LogP contribution >= 0.6 is 0 Å². The van der Waals surface area contributed by atoms with Gasteiger partial charge in [0.1, 0.15) is 5.69 Å². The maximum Gasteiger partial charge on any atom is 0.246 e. The van der Waals surface area contributed by atoms with E-state index in [2.05, 4.69) is 57.4 Å². The Morgan fingerprint density at radius 1 is 1.10 bits per heavy atom. The molecule has 3 aromatic rings. The lowest BCUT2D eigenvalue weighted by atomic mass is 10.1. The minimum atomic E-state index is -0.0136. The third kappa shape index (κ3) is 3.70. The van der Waals surface area contributed by atoms with Crippen LogP contribution in [0.25, 0.3) is 22.2 Å². The van der Waals surface area contributed by atoms with Crippen molar-refractivity contribution in [1.29, 1.82) is 0 Å². The number of rotatable bonds is 4. The van der Waals surface area contributed by atoms with E-state index in [0.29, 0.717) is 6.54 Å². The second-order valence-electron chi connectivity index (χ2n) is 8.45. The SMILES string of the molecule is C=CC(=O)N1CCC(n2nc(-c3ccc(N4CCN(C)CC4)cc3)c3cnccc32)C1. The van der Waals surface area contributed by atoms with Crippen molar-refractivity contribution in [1.82, 2.24) is 24.6 Å². The smallest absolute Gasteiger partial charge is 0.246 e. The van der Waals surface area contributed by atoms with Crippen molar-refractivity contribution in [3.63, 3.8) is 0 Å². The number of benzene rings is 1. The largest absolute Gasteiger partial charge is 0.369 e. The summed E-state index contributed by atoms with van der Waals surface area (Å²) in [6.45, 7) is 9.30. The van der Waals surface area contributed by atoms with Gasteiger partial charge in [0.2, 0.25) is 5.91 Å². The molecule has 0 radical (unpaired) electrons. The Kier molecular flexibility index (Phi) is 5.19. The summed E-state index contributed by atoms with van der Waals surface area (Å²) < 4.78 is 2.08. The van der Waals surface area contributed by atoms with Crippen LogP contribution in [-0.4, -0.2) is 76.8 Å². The molecule has 160 valence electrons. The number of pyridine rings is 1. The van der Waals surface area contributed by atoms with Gasteiger partial charge in [0.05, 0.1) is 11.6 Å². The van der Waals surface area contributed by atoms with Crippen LogP contribution in [0, 0.1) is 0 Å². The first-order valence-electron chi connectivity index (χ1n) is 10.9. The summed E-state index contributed by atoms with van der Waals surface area (Å²) in [5.74, 6) is -0.0136. The summed E-state index contributed by atoms with van der Waals surface area (Å²) >= 11 is 0. The molecule has 0 saturated carbocycles. The van der Waals surface area contributed by atoms with Crippen molar-refractivity contribution in [2.24, 2.45) is 0 Å². The van der Waals surface area contributed by atoms with Crippen LogP contribution in [0.5, 0.6) is 0 Å². The second-order valence-corrected chi connectivity index (χ2v) is 8.45. The highest BCUT2D eigenvalue weighted by molar-refractivity contribution is 5.93. The summed E-state index contributed by atoms with van der Waals surface area (Å²) in [5.41, 5.74) is 4.35. The zero-order chi connectivity index (χ0) is 21.4. The van der Waals surface area contributed by atoms with E-state index in [0.717, 1.165) is 61.3 Å². The molecular weight excluding hydrogens is 388 g/mol. The second kappa shape index (κ2) is 8.15. The molecule has 7 heteroatoms. The van der Waals surface area contributed by atoms with E-state index in [1.54, 1.807) is 0 Å². The van der Waals surface area contributed by atoms with Gasteiger partial charge in [0.15, 0.2) is 0 Å². The van der Waals surface area contributed by atoms with E-state index in [9.17, 15) is 4.79 Å². The molecule has 4 heterocycles. The maximum atomic E-state index is 12.0. The third-order valence-electron chi connectivity index (χ3n) is 6.51. The summed E-state index contributed by atoms with van der Waals surface area (Å²) in [5, 5.41) is 6.05. The lowest BCUT2D eigenvalue weighted by Crippen LogP contribution is -2.44. The van der Waals surface area contributed by atoms with E-state index < -0.39 is 0 Å². The minimum Gasteiger partial charge on any atom is -0.369 e. The van der Waals surface area contributed by atoms with Gasteiger partial charge in [-0.25, -0.2) is 0 Å². The van der Waals surface area contributed by atoms with Crippen molar-refractivity contribution in [3.05, 3.63) is 55.4 Å². The van der Waals surface area contributed by atoms with Gasteiger partial charge in [-0.1, -0.05) is 18.7 Å². The van der Waals surface area contributed by atoms with E-state index in [1.807, 2.05) is 23.4 Å². The summed E-state index contributed by atoms with van der Waals surface area (Å²) in [6, 6.07) is 10.9. The highest BCUT2D eigenvalue weighted by atomic mass is 16.2. The quantitative estimate of drug-likeness (QED) is 0.612. The Morgan fingerprint density at radius 3 is 2.61 bits per heavy atom. The number of carbonyl (C=O) groups excluding carboxylic acids is 1. The molecular formula is C24H28N6O. The first-order chi connectivity index (χ1) is 15.1. The average Bonchev–Trinajstić information content (AvgIpc) is 3.44. The molecule has 31 heavy (non-hydrogen) atoms. The molecule has 0 bridgehead atoms. The van der Waals surface area contributed by atoms with E-state index >= 15 is 0 Å². The van der Waals surface area contributed by atoms with Crippen LogP contribution < -0.4 is 4.90 Å². The molecule has 2 aliphatic rings. The van der Waals surface area contributed by atoms with Crippen molar-refractivity contribution in [3.8, 4) is 11.3 Å². The minimum absolute atomic E-state index is 0.0136. The number of likely N-dealkylation sites (tertiary alicyclic amines) is 1. The van der Waals surface area contributed by atoms with E-state index in [-0.39, 0.29) is 11.9 Å². The number of carbonyl (C=O) groups is 1. The molecule has 5 rings (SSSR count). The van der Waals surface area contributed by atoms with E-state index in [4.69, 9.17) is 5.10 Å². The van der Waals surface area contributed by atoms with Crippen LogP contribution in [0.15, 0.2) is 55.4 Å². The summed E-state index contributed by atoms with van der Waals surface area (Å²) in [7, 11) is 2.17. The summed E-state index contributed by atoms with van der Waals surface area (Å²) in [4.78, 5) is 23.0. The number of nitrogens with zero attached hydrogens (tertiary/aromatic N) is 6. The molecule has 2 fully saturated rings. The fourth-order valence-electron chi connectivity index (χ4n) is 4.64. The molecule has 1 atom stereocenters. The molecule has 2 aliphatic heterocycles. The molecule has 7 nitrogen and oxygen atoms in total. The van der Waals surface area contributed by atoms with Gasteiger partial charge in [-0.15, -0.1) is 0 Å². The van der Waals surface area contributed by atoms with Crippen molar-refractivity contribution in [2.75, 3.05) is 51.2 Å². The fraction of sp³-hybridized carbons (Fsp3) is 0.375. The van der Waals surface area contributed by atoms with Crippen LogP contribution in [0.4, 0.5) is 5.69 Å². The molecule has 2 aromatic heterocycles.